The molecular weight excluding hydrogens is 296 g/mol. The third-order valence-electron chi connectivity index (χ3n) is 4.22. The first-order valence-corrected chi connectivity index (χ1v) is 9.76. The highest BCUT2D eigenvalue weighted by Gasteiger charge is 2.17. The minimum Gasteiger partial charge on any atom is -0.357 e. The highest BCUT2D eigenvalue weighted by Crippen LogP contribution is 2.25. The number of thioether (sulfide) groups is 1. The zero-order chi connectivity index (χ0) is 15.6. The molecule has 22 heavy (non-hydrogen) atoms. The summed E-state index contributed by atoms with van der Waals surface area (Å²) < 4.78 is 0. The Morgan fingerprint density at radius 3 is 2.64 bits per heavy atom. The minimum absolute atomic E-state index is 0.0411. The maximum absolute atomic E-state index is 12.0. The molecular formula is C16H30N4OS. The van der Waals surface area contributed by atoms with Crippen molar-refractivity contribution in [3.05, 3.63) is 0 Å². The number of carbonyl (C=O) groups excluding carboxylic acids is 1. The number of nitrogens with zero attached hydrogens (tertiary/aromatic N) is 1. The number of nitrogens with one attached hydrogen (secondary N) is 3. The van der Waals surface area contributed by atoms with Crippen molar-refractivity contribution in [2.75, 3.05) is 25.4 Å². The van der Waals surface area contributed by atoms with Gasteiger partial charge in [0.1, 0.15) is 6.54 Å². The lowest BCUT2D eigenvalue weighted by molar-refractivity contribution is -0.120. The van der Waals surface area contributed by atoms with Crippen LogP contribution in [-0.4, -0.2) is 48.5 Å². The first kappa shape index (κ1) is 17.4. The highest BCUT2D eigenvalue weighted by atomic mass is 32.2. The van der Waals surface area contributed by atoms with Crippen LogP contribution in [-0.2, 0) is 4.79 Å². The second-order valence-electron chi connectivity index (χ2n) is 6.11. The van der Waals surface area contributed by atoms with Gasteiger partial charge in [0.25, 0.3) is 0 Å². The average Bonchev–Trinajstić information content (AvgIpc) is 3.04. The van der Waals surface area contributed by atoms with E-state index in [1.807, 2.05) is 18.7 Å². The van der Waals surface area contributed by atoms with Crippen LogP contribution in [0.4, 0.5) is 0 Å². The second kappa shape index (κ2) is 9.98. The fourth-order valence-corrected chi connectivity index (χ4v) is 4.23. The van der Waals surface area contributed by atoms with Gasteiger partial charge in [-0.3, -0.25) is 4.79 Å². The predicted molar refractivity (Wildman–Crippen MR) is 94.5 cm³/mol. The summed E-state index contributed by atoms with van der Waals surface area (Å²) >= 11 is 2.03. The van der Waals surface area contributed by atoms with Gasteiger partial charge >= 0.3 is 0 Å². The zero-order valence-electron chi connectivity index (χ0n) is 13.7. The lowest BCUT2D eigenvalue weighted by Crippen LogP contribution is -2.42. The molecule has 1 saturated heterocycles. The maximum Gasteiger partial charge on any atom is 0.242 e. The molecule has 5 nitrogen and oxygen atoms in total. The molecule has 1 saturated carbocycles. The Kier molecular flexibility index (Phi) is 7.91. The van der Waals surface area contributed by atoms with E-state index in [-0.39, 0.29) is 12.5 Å². The van der Waals surface area contributed by atoms with Gasteiger partial charge in [-0.05, 0) is 38.4 Å². The van der Waals surface area contributed by atoms with Gasteiger partial charge in [-0.1, -0.05) is 19.3 Å². The first-order chi connectivity index (χ1) is 10.8. The van der Waals surface area contributed by atoms with Crippen LogP contribution in [0.15, 0.2) is 4.99 Å². The third-order valence-corrected chi connectivity index (χ3v) is 5.61. The monoisotopic (exact) mass is 326 g/mol. The summed E-state index contributed by atoms with van der Waals surface area (Å²) in [5.41, 5.74) is 0. The van der Waals surface area contributed by atoms with Crippen LogP contribution in [0.2, 0.25) is 0 Å². The summed E-state index contributed by atoms with van der Waals surface area (Å²) in [5.74, 6) is 2.07. The Morgan fingerprint density at radius 2 is 1.95 bits per heavy atom. The Morgan fingerprint density at radius 1 is 1.14 bits per heavy atom. The van der Waals surface area contributed by atoms with Gasteiger partial charge in [0.2, 0.25) is 5.91 Å². The van der Waals surface area contributed by atoms with Crippen molar-refractivity contribution in [2.45, 2.75) is 63.2 Å². The molecule has 2 rings (SSSR count). The van der Waals surface area contributed by atoms with Crippen molar-refractivity contribution in [1.29, 1.82) is 0 Å². The molecule has 1 heterocycles. The van der Waals surface area contributed by atoms with Crippen LogP contribution < -0.4 is 16.0 Å². The molecule has 0 bridgehead atoms. The van der Waals surface area contributed by atoms with Gasteiger partial charge in [-0.15, -0.1) is 0 Å². The Hall–Kier alpha value is -0.910. The van der Waals surface area contributed by atoms with Crippen LogP contribution in [0.1, 0.15) is 51.9 Å². The van der Waals surface area contributed by atoms with Gasteiger partial charge in [0.15, 0.2) is 5.96 Å². The highest BCUT2D eigenvalue weighted by molar-refractivity contribution is 8.00. The van der Waals surface area contributed by atoms with Crippen LogP contribution >= 0.6 is 11.8 Å². The van der Waals surface area contributed by atoms with E-state index in [0.717, 1.165) is 31.9 Å². The number of carbonyl (C=O) groups is 1. The summed E-state index contributed by atoms with van der Waals surface area (Å²) in [7, 11) is 0. The lowest BCUT2D eigenvalue weighted by Gasteiger charge is -2.22. The predicted octanol–water partition coefficient (Wildman–Crippen LogP) is 1.89. The smallest absolute Gasteiger partial charge is 0.242 e. The number of rotatable bonds is 6. The summed E-state index contributed by atoms with van der Waals surface area (Å²) in [6, 6.07) is 0.363. The van der Waals surface area contributed by atoms with Crippen LogP contribution in [0.25, 0.3) is 0 Å². The van der Waals surface area contributed by atoms with Gasteiger partial charge < -0.3 is 16.0 Å². The zero-order valence-corrected chi connectivity index (χ0v) is 14.5. The van der Waals surface area contributed by atoms with Crippen LogP contribution in [0.5, 0.6) is 0 Å². The van der Waals surface area contributed by atoms with E-state index in [9.17, 15) is 4.79 Å². The largest absolute Gasteiger partial charge is 0.357 e. The number of aliphatic imine (C=N–C) groups is 1. The SMILES string of the molecule is CCNC(=NCC(=O)NC1CCCCC1)NCC1CCCS1. The van der Waals surface area contributed by atoms with Crippen LogP contribution in [0.3, 0.4) is 0 Å². The minimum atomic E-state index is 0.0411. The van der Waals surface area contributed by atoms with Crippen molar-refractivity contribution in [3.8, 4) is 0 Å². The lowest BCUT2D eigenvalue weighted by atomic mass is 9.95. The molecule has 1 unspecified atom stereocenters. The van der Waals surface area contributed by atoms with E-state index in [0.29, 0.717) is 11.3 Å². The molecule has 126 valence electrons. The van der Waals surface area contributed by atoms with Crippen molar-refractivity contribution in [3.63, 3.8) is 0 Å². The fraction of sp³-hybridized carbons (Fsp3) is 0.875. The molecule has 0 radical (unpaired) electrons. The van der Waals surface area contributed by atoms with Gasteiger partial charge in [0, 0.05) is 24.4 Å². The molecule has 2 fully saturated rings. The van der Waals surface area contributed by atoms with E-state index in [4.69, 9.17) is 0 Å². The van der Waals surface area contributed by atoms with Crippen molar-refractivity contribution < 1.29 is 4.79 Å². The summed E-state index contributed by atoms with van der Waals surface area (Å²) in [5, 5.41) is 10.4. The standard InChI is InChI=1S/C16H30N4OS/c1-2-17-16(18-11-14-9-6-10-22-14)19-12-15(21)20-13-7-4-3-5-8-13/h13-14H,2-12H2,1H3,(H,20,21)(H2,17,18,19). The molecule has 1 amide bonds. The fourth-order valence-electron chi connectivity index (χ4n) is 3.03. The molecule has 1 aliphatic heterocycles. The van der Waals surface area contributed by atoms with Gasteiger partial charge in [0.05, 0.1) is 0 Å². The van der Waals surface area contributed by atoms with Crippen molar-refractivity contribution in [2.24, 2.45) is 4.99 Å². The molecule has 1 atom stereocenters. The Bertz CT molecular complexity index is 363. The van der Waals surface area contributed by atoms with Crippen molar-refractivity contribution in [1.82, 2.24) is 16.0 Å². The van der Waals surface area contributed by atoms with E-state index < -0.39 is 0 Å². The molecule has 6 heteroatoms. The van der Waals surface area contributed by atoms with Gasteiger partial charge in [-0.25, -0.2) is 4.99 Å². The number of hydrogen-bond acceptors (Lipinski definition) is 3. The molecule has 0 aromatic heterocycles. The molecule has 2 aliphatic rings. The second-order valence-corrected chi connectivity index (χ2v) is 7.52. The van der Waals surface area contributed by atoms with Crippen LogP contribution in [0, 0.1) is 0 Å². The van der Waals surface area contributed by atoms with E-state index in [2.05, 4.69) is 20.9 Å². The van der Waals surface area contributed by atoms with Crippen molar-refractivity contribution >= 4 is 23.6 Å². The quantitative estimate of drug-likeness (QED) is 0.515. The average molecular weight is 327 g/mol. The summed E-state index contributed by atoms with van der Waals surface area (Å²) in [4.78, 5) is 16.4. The summed E-state index contributed by atoms with van der Waals surface area (Å²) in [6.07, 6.45) is 8.60. The summed E-state index contributed by atoms with van der Waals surface area (Å²) in [6.45, 7) is 4.00. The number of guanidine groups is 1. The first-order valence-electron chi connectivity index (χ1n) is 8.71. The molecule has 1 aliphatic carbocycles. The molecule has 0 spiro atoms. The normalized spacial score (nSPS) is 23.3. The molecule has 0 aromatic carbocycles. The maximum atomic E-state index is 12.0. The Balaban J connectivity index is 1.71. The molecule has 0 aromatic rings. The Labute approximate surface area is 138 Å². The number of amides is 1. The van der Waals surface area contributed by atoms with E-state index in [1.165, 1.54) is 37.9 Å². The van der Waals surface area contributed by atoms with Gasteiger partial charge in [-0.2, -0.15) is 11.8 Å². The topological polar surface area (TPSA) is 65.5 Å². The third kappa shape index (κ3) is 6.46. The van der Waals surface area contributed by atoms with E-state index in [1.54, 1.807) is 0 Å². The molecule has 3 N–H and O–H groups in total. The van der Waals surface area contributed by atoms with E-state index >= 15 is 0 Å². The number of hydrogen-bond donors (Lipinski definition) is 3.